The van der Waals surface area contributed by atoms with Gasteiger partial charge >= 0.3 is 0 Å². The second kappa shape index (κ2) is 8.06. The summed E-state index contributed by atoms with van der Waals surface area (Å²) < 4.78 is 0. The minimum absolute atomic E-state index is 0.339. The first-order chi connectivity index (χ1) is 8.21. The molecule has 0 spiro atoms. The van der Waals surface area contributed by atoms with E-state index in [0.29, 0.717) is 18.7 Å². The topological polar surface area (TPSA) is 35.5 Å². The molecule has 0 aromatic heterocycles. The number of rotatable bonds is 7. The molecular formula is C14H30N2O. The summed E-state index contributed by atoms with van der Waals surface area (Å²) in [6.07, 6.45) is 4.63. The molecule has 17 heavy (non-hydrogen) atoms. The summed E-state index contributed by atoms with van der Waals surface area (Å²) in [6, 6.07) is 1.33. The molecule has 1 heterocycles. The van der Waals surface area contributed by atoms with Crippen LogP contribution in [-0.2, 0) is 0 Å². The summed E-state index contributed by atoms with van der Waals surface area (Å²) in [5.74, 6) is 0.758. The van der Waals surface area contributed by atoms with Crippen LogP contribution in [0.5, 0.6) is 0 Å². The maximum absolute atomic E-state index is 8.96. The molecule has 3 unspecified atom stereocenters. The van der Waals surface area contributed by atoms with Crippen molar-refractivity contribution in [3.63, 3.8) is 0 Å². The SMILES string of the molecule is CCNC1CC(CCCO)CN(C(C)CC)C1. The molecular weight excluding hydrogens is 212 g/mol. The standard InChI is InChI=1S/C14H30N2O/c1-4-12(3)16-10-13(7-6-8-17)9-14(11-16)15-5-2/h12-15,17H,4-11H2,1-3H3. The lowest BCUT2D eigenvalue weighted by molar-refractivity contribution is 0.0953. The van der Waals surface area contributed by atoms with E-state index in [-0.39, 0.29) is 0 Å². The molecule has 0 radical (unpaired) electrons. The summed E-state index contributed by atoms with van der Waals surface area (Å²) in [6.45, 7) is 10.6. The van der Waals surface area contributed by atoms with Crippen LogP contribution in [0.1, 0.15) is 46.5 Å². The van der Waals surface area contributed by atoms with E-state index in [2.05, 4.69) is 31.0 Å². The van der Waals surface area contributed by atoms with Gasteiger partial charge in [-0.3, -0.25) is 4.90 Å². The fourth-order valence-corrected chi connectivity index (χ4v) is 2.88. The number of aliphatic hydroxyl groups is 1. The maximum atomic E-state index is 8.96. The van der Waals surface area contributed by atoms with Crippen molar-refractivity contribution >= 4 is 0 Å². The lowest BCUT2D eigenvalue weighted by Gasteiger charge is -2.41. The number of hydrogen-bond donors (Lipinski definition) is 2. The molecule has 1 fully saturated rings. The van der Waals surface area contributed by atoms with Gasteiger partial charge < -0.3 is 10.4 Å². The van der Waals surface area contributed by atoms with Crippen molar-refractivity contribution < 1.29 is 5.11 Å². The molecule has 2 N–H and O–H groups in total. The van der Waals surface area contributed by atoms with E-state index in [9.17, 15) is 0 Å². The van der Waals surface area contributed by atoms with Crippen LogP contribution < -0.4 is 5.32 Å². The number of likely N-dealkylation sites (tertiary alicyclic amines) is 1. The van der Waals surface area contributed by atoms with Crippen LogP contribution in [-0.4, -0.2) is 48.3 Å². The van der Waals surface area contributed by atoms with Crippen LogP contribution >= 0.6 is 0 Å². The zero-order valence-electron chi connectivity index (χ0n) is 11.8. The van der Waals surface area contributed by atoms with E-state index in [1.54, 1.807) is 0 Å². The Morgan fingerprint density at radius 2 is 2.12 bits per heavy atom. The molecule has 0 aliphatic carbocycles. The first-order valence-corrected chi connectivity index (χ1v) is 7.29. The normalized spacial score (nSPS) is 28.2. The third-order valence-corrected chi connectivity index (χ3v) is 4.04. The highest BCUT2D eigenvalue weighted by molar-refractivity contribution is 4.85. The highest BCUT2D eigenvalue weighted by atomic mass is 16.2. The van der Waals surface area contributed by atoms with Gasteiger partial charge in [-0.25, -0.2) is 0 Å². The maximum Gasteiger partial charge on any atom is 0.0431 e. The monoisotopic (exact) mass is 242 g/mol. The van der Waals surface area contributed by atoms with E-state index < -0.39 is 0 Å². The molecule has 1 aliphatic heterocycles. The molecule has 1 rings (SSSR count). The van der Waals surface area contributed by atoms with Gasteiger partial charge in [-0.05, 0) is 45.1 Å². The van der Waals surface area contributed by atoms with E-state index in [4.69, 9.17) is 5.11 Å². The zero-order valence-corrected chi connectivity index (χ0v) is 11.8. The molecule has 3 nitrogen and oxygen atoms in total. The van der Waals surface area contributed by atoms with Gasteiger partial charge in [0.15, 0.2) is 0 Å². The smallest absolute Gasteiger partial charge is 0.0431 e. The Balaban J connectivity index is 2.49. The molecule has 102 valence electrons. The van der Waals surface area contributed by atoms with Crippen LogP contribution in [0.3, 0.4) is 0 Å². The minimum atomic E-state index is 0.339. The lowest BCUT2D eigenvalue weighted by atomic mass is 9.89. The second-order valence-electron chi connectivity index (χ2n) is 5.43. The van der Waals surface area contributed by atoms with Gasteiger partial charge in [-0.15, -0.1) is 0 Å². The minimum Gasteiger partial charge on any atom is -0.396 e. The Morgan fingerprint density at radius 1 is 1.35 bits per heavy atom. The molecule has 1 aliphatic rings. The number of piperidine rings is 1. The van der Waals surface area contributed by atoms with Crippen molar-refractivity contribution in [2.75, 3.05) is 26.2 Å². The van der Waals surface area contributed by atoms with Gasteiger partial charge in [-0.1, -0.05) is 13.8 Å². The molecule has 0 aromatic rings. The highest BCUT2D eigenvalue weighted by Gasteiger charge is 2.28. The van der Waals surface area contributed by atoms with Crippen molar-refractivity contribution in [1.29, 1.82) is 0 Å². The van der Waals surface area contributed by atoms with E-state index in [0.717, 1.165) is 18.9 Å². The van der Waals surface area contributed by atoms with Crippen LogP contribution in [0.15, 0.2) is 0 Å². The fraction of sp³-hybridized carbons (Fsp3) is 1.00. The van der Waals surface area contributed by atoms with Gasteiger partial charge in [0.25, 0.3) is 0 Å². The fourth-order valence-electron chi connectivity index (χ4n) is 2.88. The highest BCUT2D eigenvalue weighted by Crippen LogP contribution is 2.23. The number of aliphatic hydroxyl groups excluding tert-OH is 1. The van der Waals surface area contributed by atoms with Crippen LogP contribution in [0.4, 0.5) is 0 Å². The van der Waals surface area contributed by atoms with Crippen molar-refractivity contribution in [2.24, 2.45) is 5.92 Å². The van der Waals surface area contributed by atoms with Gasteiger partial charge in [0.2, 0.25) is 0 Å². The summed E-state index contributed by atoms with van der Waals surface area (Å²) >= 11 is 0. The van der Waals surface area contributed by atoms with Crippen molar-refractivity contribution in [1.82, 2.24) is 10.2 Å². The lowest BCUT2D eigenvalue weighted by Crippen LogP contribution is -2.51. The van der Waals surface area contributed by atoms with Crippen LogP contribution in [0.2, 0.25) is 0 Å². The largest absolute Gasteiger partial charge is 0.396 e. The Bertz CT molecular complexity index is 199. The van der Waals surface area contributed by atoms with Gasteiger partial charge in [0.05, 0.1) is 0 Å². The van der Waals surface area contributed by atoms with E-state index in [1.807, 2.05) is 0 Å². The van der Waals surface area contributed by atoms with Crippen molar-refractivity contribution in [3.8, 4) is 0 Å². The first-order valence-electron chi connectivity index (χ1n) is 7.29. The number of hydrogen-bond acceptors (Lipinski definition) is 3. The second-order valence-corrected chi connectivity index (χ2v) is 5.43. The predicted molar refractivity (Wildman–Crippen MR) is 73.2 cm³/mol. The molecule has 3 atom stereocenters. The molecule has 0 amide bonds. The van der Waals surface area contributed by atoms with Gasteiger partial charge in [0.1, 0.15) is 0 Å². The summed E-state index contributed by atoms with van der Waals surface area (Å²) in [7, 11) is 0. The van der Waals surface area contributed by atoms with Crippen molar-refractivity contribution in [2.45, 2.75) is 58.5 Å². The van der Waals surface area contributed by atoms with Crippen molar-refractivity contribution in [3.05, 3.63) is 0 Å². The van der Waals surface area contributed by atoms with Gasteiger partial charge in [0, 0.05) is 31.8 Å². The summed E-state index contributed by atoms with van der Waals surface area (Å²) in [5.41, 5.74) is 0. The molecule has 3 heteroatoms. The third kappa shape index (κ3) is 4.94. The Labute approximate surface area is 107 Å². The Morgan fingerprint density at radius 3 is 2.71 bits per heavy atom. The van der Waals surface area contributed by atoms with E-state index >= 15 is 0 Å². The Kier molecular flexibility index (Phi) is 7.09. The predicted octanol–water partition coefficient (Wildman–Crippen LogP) is 1.86. The molecule has 1 saturated heterocycles. The van der Waals surface area contributed by atoms with Crippen LogP contribution in [0.25, 0.3) is 0 Å². The number of likely N-dealkylation sites (N-methyl/N-ethyl adjacent to an activating group) is 1. The third-order valence-electron chi connectivity index (χ3n) is 4.04. The number of nitrogens with zero attached hydrogens (tertiary/aromatic N) is 1. The molecule has 0 aromatic carbocycles. The first kappa shape index (κ1) is 14.9. The zero-order chi connectivity index (χ0) is 12.7. The van der Waals surface area contributed by atoms with Gasteiger partial charge in [-0.2, -0.15) is 0 Å². The average Bonchev–Trinajstić information content (AvgIpc) is 2.35. The summed E-state index contributed by atoms with van der Waals surface area (Å²) in [4.78, 5) is 2.62. The molecule has 0 bridgehead atoms. The Hall–Kier alpha value is -0.120. The van der Waals surface area contributed by atoms with Crippen LogP contribution in [0, 0.1) is 5.92 Å². The quantitative estimate of drug-likeness (QED) is 0.715. The van der Waals surface area contributed by atoms with E-state index in [1.165, 1.54) is 32.4 Å². The molecule has 0 saturated carbocycles. The number of nitrogens with one attached hydrogen (secondary N) is 1. The average molecular weight is 242 g/mol. The summed E-state index contributed by atoms with van der Waals surface area (Å²) in [5, 5.41) is 12.6.